The van der Waals surface area contributed by atoms with E-state index in [2.05, 4.69) is 0 Å². The third kappa shape index (κ3) is 3.35. The van der Waals surface area contributed by atoms with Crippen LogP contribution in [0, 0.1) is 0 Å². The van der Waals surface area contributed by atoms with E-state index >= 15 is 0 Å². The van der Waals surface area contributed by atoms with Crippen molar-refractivity contribution < 1.29 is 19.4 Å². The number of likely N-dealkylation sites (N-methyl/N-ethyl adjacent to an activating group) is 1. The van der Waals surface area contributed by atoms with E-state index in [1.807, 2.05) is 0 Å². The van der Waals surface area contributed by atoms with Gasteiger partial charge in [-0.15, -0.1) is 0 Å². The maximum absolute atomic E-state index is 10.5. The van der Waals surface area contributed by atoms with E-state index in [0.29, 0.717) is 23.5 Å². The molecule has 0 aromatic heterocycles. The molecule has 17 heavy (non-hydrogen) atoms. The summed E-state index contributed by atoms with van der Waals surface area (Å²) >= 11 is 0. The molecule has 0 aliphatic carbocycles. The maximum Gasteiger partial charge on any atom is 0.209 e. The first-order valence-corrected chi connectivity index (χ1v) is 5.18. The zero-order valence-corrected chi connectivity index (χ0v) is 10.2. The van der Waals surface area contributed by atoms with Crippen LogP contribution < -0.4 is 9.47 Å². The summed E-state index contributed by atoms with van der Waals surface area (Å²) in [5.74, 6) is 1.16. The monoisotopic (exact) mass is 239 g/mol. The number of nitrogens with zero attached hydrogens (tertiary/aromatic N) is 1. The first kappa shape index (κ1) is 13.3. The second-order valence-corrected chi connectivity index (χ2v) is 3.68. The van der Waals surface area contributed by atoms with Gasteiger partial charge in [-0.2, -0.15) is 0 Å². The van der Waals surface area contributed by atoms with Gasteiger partial charge in [0.1, 0.15) is 0 Å². The summed E-state index contributed by atoms with van der Waals surface area (Å²) in [6.45, 7) is 0.235. The molecule has 0 bridgehead atoms. The molecule has 1 rings (SSSR count). The second kappa shape index (κ2) is 6.10. The number of methoxy groups -OCH3 is 2. The highest BCUT2D eigenvalue weighted by Crippen LogP contribution is 2.29. The molecule has 1 aromatic rings. The number of aliphatic hydroxyl groups is 1. The SMILES string of the molecule is COc1ccc([C@@H](O)CN(C)C=O)cc1OC. The number of hydrogen-bond acceptors (Lipinski definition) is 4. The molecular weight excluding hydrogens is 222 g/mol. The van der Waals surface area contributed by atoms with E-state index < -0.39 is 6.10 Å². The van der Waals surface area contributed by atoms with Crippen LogP contribution in [0.5, 0.6) is 11.5 Å². The molecule has 0 fully saturated rings. The molecule has 94 valence electrons. The molecule has 1 aromatic carbocycles. The van der Waals surface area contributed by atoms with Crippen molar-refractivity contribution in [3.8, 4) is 11.5 Å². The third-order valence-electron chi connectivity index (χ3n) is 2.43. The maximum atomic E-state index is 10.5. The van der Waals surface area contributed by atoms with Gasteiger partial charge in [-0.25, -0.2) is 0 Å². The molecule has 0 unspecified atom stereocenters. The standard InChI is InChI=1S/C12H17NO4/c1-13(8-14)7-10(15)9-4-5-11(16-2)12(6-9)17-3/h4-6,8,10,15H,7H2,1-3H3/t10-/m0/s1. The Kier molecular flexibility index (Phi) is 4.78. The van der Waals surface area contributed by atoms with Crippen LogP contribution in [0.4, 0.5) is 0 Å². The van der Waals surface area contributed by atoms with Gasteiger partial charge >= 0.3 is 0 Å². The van der Waals surface area contributed by atoms with Crippen molar-refractivity contribution in [3.05, 3.63) is 23.8 Å². The normalized spacial score (nSPS) is 11.8. The van der Waals surface area contributed by atoms with E-state index in [-0.39, 0.29) is 6.54 Å². The Morgan fingerprint density at radius 2 is 2.00 bits per heavy atom. The zero-order valence-electron chi connectivity index (χ0n) is 10.2. The highest BCUT2D eigenvalue weighted by molar-refractivity contribution is 5.47. The lowest BCUT2D eigenvalue weighted by atomic mass is 10.1. The topological polar surface area (TPSA) is 59.0 Å². The predicted octanol–water partition coefficient (Wildman–Crippen LogP) is 0.825. The van der Waals surface area contributed by atoms with Crippen LogP contribution in [-0.2, 0) is 4.79 Å². The van der Waals surface area contributed by atoms with Crippen molar-refractivity contribution in [1.82, 2.24) is 4.90 Å². The van der Waals surface area contributed by atoms with Gasteiger partial charge in [0.15, 0.2) is 11.5 Å². The molecule has 0 heterocycles. The minimum Gasteiger partial charge on any atom is -0.493 e. The fourth-order valence-electron chi connectivity index (χ4n) is 1.48. The Hall–Kier alpha value is -1.75. The first-order chi connectivity index (χ1) is 8.12. The number of hydrogen-bond donors (Lipinski definition) is 1. The van der Waals surface area contributed by atoms with Gasteiger partial charge in [-0.3, -0.25) is 4.79 Å². The van der Waals surface area contributed by atoms with Crippen LogP contribution >= 0.6 is 0 Å². The lowest BCUT2D eigenvalue weighted by Crippen LogP contribution is -2.22. The second-order valence-electron chi connectivity index (χ2n) is 3.68. The molecule has 0 aliphatic heterocycles. The van der Waals surface area contributed by atoms with E-state index in [4.69, 9.17) is 9.47 Å². The fraction of sp³-hybridized carbons (Fsp3) is 0.417. The highest BCUT2D eigenvalue weighted by Gasteiger charge is 2.13. The van der Waals surface area contributed by atoms with Crippen LogP contribution in [0.2, 0.25) is 0 Å². The molecule has 0 saturated heterocycles. The van der Waals surface area contributed by atoms with Gasteiger partial charge in [0.2, 0.25) is 6.41 Å². The molecule has 0 aliphatic rings. The Morgan fingerprint density at radius 1 is 1.35 bits per heavy atom. The van der Waals surface area contributed by atoms with Crippen LogP contribution in [0.25, 0.3) is 0 Å². The van der Waals surface area contributed by atoms with E-state index in [1.165, 1.54) is 12.0 Å². The van der Waals surface area contributed by atoms with Gasteiger partial charge in [0.05, 0.1) is 26.9 Å². The molecule has 5 nitrogen and oxygen atoms in total. The average molecular weight is 239 g/mol. The van der Waals surface area contributed by atoms with Crippen molar-refractivity contribution in [3.63, 3.8) is 0 Å². The van der Waals surface area contributed by atoms with Crippen LogP contribution in [0.3, 0.4) is 0 Å². The molecule has 1 atom stereocenters. The van der Waals surface area contributed by atoms with Crippen molar-refractivity contribution in [2.24, 2.45) is 0 Å². The van der Waals surface area contributed by atoms with E-state index in [9.17, 15) is 9.90 Å². The van der Waals surface area contributed by atoms with Gasteiger partial charge < -0.3 is 19.5 Å². The third-order valence-corrected chi connectivity index (χ3v) is 2.43. The largest absolute Gasteiger partial charge is 0.493 e. The highest BCUT2D eigenvalue weighted by atomic mass is 16.5. The zero-order chi connectivity index (χ0) is 12.8. The van der Waals surface area contributed by atoms with Crippen LogP contribution in [0.15, 0.2) is 18.2 Å². The summed E-state index contributed by atoms with van der Waals surface area (Å²) in [4.78, 5) is 11.8. The Labute approximate surface area is 101 Å². The van der Waals surface area contributed by atoms with Crippen molar-refractivity contribution >= 4 is 6.41 Å². The van der Waals surface area contributed by atoms with E-state index in [1.54, 1.807) is 32.4 Å². The fourth-order valence-corrected chi connectivity index (χ4v) is 1.48. The minimum atomic E-state index is -0.745. The smallest absolute Gasteiger partial charge is 0.209 e. The predicted molar refractivity (Wildman–Crippen MR) is 63.2 cm³/mol. The molecule has 5 heteroatoms. The van der Waals surface area contributed by atoms with Crippen molar-refractivity contribution in [2.75, 3.05) is 27.8 Å². The first-order valence-electron chi connectivity index (χ1n) is 5.18. The molecule has 1 amide bonds. The van der Waals surface area contributed by atoms with Crippen LogP contribution in [0.1, 0.15) is 11.7 Å². The Balaban J connectivity index is 2.87. The summed E-state index contributed by atoms with van der Waals surface area (Å²) in [6, 6.07) is 5.16. The number of amides is 1. The number of benzene rings is 1. The summed E-state index contributed by atoms with van der Waals surface area (Å²) in [5.41, 5.74) is 0.677. The van der Waals surface area contributed by atoms with Gasteiger partial charge in [-0.1, -0.05) is 6.07 Å². The summed E-state index contributed by atoms with van der Waals surface area (Å²) in [5, 5.41) is 9.91. The number of rotatable bonds is 6. The number of aliphatic hydroxyl groups excluding tert-OH is 1. The Bertz CT molecular complexity index is 381. The summed E-state index contributed by atoms with van der Waals surface area (Å²) in [6.07, 6.45) is -0.0748. The number of carbonyl (C=O) groups excluding carboxylic acids is 1. The molecular formula is C12H17NO4. The van der Waals surface area contributed by atoms with Crippen molar-refractivity contribution in [2.45, 2.75) is 6.10 Å². The molecule has 0 spiro atoms. The van der Waals surface area contributed by atoms with Gasteiger partial charge in [-0.05, 0) is 17.7 Å². The molecule has 0 saturated carbocycles. The lowest BCUT2D eigenvalue weighted by molar-refractivity contribution is -0.118. The quantitative estimate of drug-likeness (QED) is 0.747. The number of ether oxygens (including phenoxy) is 2. The van der Waals surface area contributed by atoms with Crippen molar-refractivity contribution in [1.29, 1.82) is 0 Å². The van der Waals surface area contributed by atoms with Crippen LogP contribution in [-0.4, -0.2) is 44.2 Å². The summed E-state index contributed by atoms with van der Waals surface area (Å²) in [7, 11) is 4.69. The molecule has 1 N–H and O–H groups in total. The van der Waals surface area contributed by atoms with Gasteiger partial charge in [0.25, 0.3) is 0 Å². The van der Waals surface area contributed by atoms with E-state index in [0.717, 1.165) is 0 Å². The number of carbonyl (C=O) groups is 1. The summed E-state index contributed by atoms with van der Waals surface area (Å²) < 4.78 is 10.2. The lowest BCUT2D eigenvalue weighted by Gasteiger charge is -2.18. The van der Waals surface area contributed by atoms with Gasteiger partial charge in [0, 0.05) is 7.05 Å². The average Bonchev–Trinajstić information content (AvgIpc) is 2.37. The molecule has 0 radical (unpaired) electrons. The Morgan fingerprint density at radius 3 is 2.53 bits per heavy atom. The minimum absolute atomic E-state index is 0.235.